The molecule has 0 spiro atoms. The van der Waals surface area contributed by atoms with E-state index in [9.17, 15) is 0 Å². The Balaban J connectivity index is 1.45. The minimum absolute atomic E-state index is 0.608. The van der Waals surface area contributed by atoms with Gasteiger partial charge in [0.15, 0.2) is 5.82 Å². The van der Waals surface area contributed by atoms with Crippen molar-refractivity contribution in [3.63, 3.8) is 0 Å². The second-order valence-electron chi connectivity index (χ2n) is 8.12. The molecule has 0 unspecified atom stereocenters. The molecule has 156 valence electrons. The van der Waals surface area contributed by atoms with Gasteiger partial charge in [-0.2, -0.15) is 5.10 Å². The van der Waals surface area contributed by atoms with E-state index in [1.165, 1.54) is 5.69 Å². The number of hydrogen-bond acceptors (Lipinski definition) is 5. The highest BCUT2D eigenvalue weighted by atomic mass is 16.5. The molecule has 3 heterocycles. The third-order valence-electron chi connectivity index (χ3n) is 5.94. The van der Waals surface area contributed by atoms with Gasteiger partial charge >= 0.3 is 0 Å². The number of H-pyrrole nitrogens is 2. The maximum atomic E-state index is 5.66. The van der Waals surface area contributed by atoms with Crippen LogP contribution < -0.4 is 9.64 Å². The topological polar surface area (TPSA) is 73.1 Å². The number of nitrogens with one attached hydrogen (secondary N) is 2. The number of imidazole rings is 1. The summed E-state index contributed by atoms with van der Waals surface area (Å²) in [6.45, 7) is 11.5. The van der Waals surface area contributed by atoms with E-state index in [1.807, 2.05) is 25.1 Å². The summed E-state index contributed by atoms with van der Waals surface area (Å²) in [7, 11) is 0. The lowest BCUT2D eigenvalue weighted by Gasteiger charge is -2.38. The Hall–Kier alpha value is -3.06. The van der Waals surface area contributed by atoms with Crippen LogP contribution in [0.15, 0.2) is 36.4 Å². The van der Waals surface area contributed by atoms with Crippen LogP contribution >= 0.6 is 0 Å². The normalized spacial score (nSPS) is 15.5. The lowest BCUT2D eigenvalue weighted by molar-refractivity contribution is 0.209. The molecule has 0 amide bonds. The first-order valence-corrected chi connectivity index (χ1v) is 10.7. The van der Waals surface area contributed by atoms with Crippen LogP contribution in [0, 0.1) is 0 Å². The van der Waals surface area contributed by atoms with E-state index in [1.54, 1.807) is 0 Å². The van der Waals surface area contributed by atoms with Gasteiger partial charge in [0.05, 0.1) is 23.2 Å². The summed E-state index contributed by atoms with van der Waals surface area (Å²) in [5.41, 5.74) is 5.01. The quantitative estimate of drug-likeness (QED) is 0.525. The Labute approximate surface area is 176 Å². The molecule has 1 fully saturated rings. The number of aromatic amines is 2. The Bertz CT molecular complexity index is 1170. The molecule has 0 atom stereocenters. The lowest BCUT2D eigenvalue weighted by atomic mass is 10.2. The molecule has 2 aromatic heterocycles. The van der Waals surface area contributed by atoms with E-state index >= 15 is 0 Å². The summed E-state index contributed by atoms with van der Waals surface area (Å²) < 4.78 is 5.66. The van der Waals surface area contributed by atoms with Gasteiger partial charge in [-0.3, -0.25) is 10.00 Å². The molecule has 2 N–H and O–H groups in total. The highest BCUT2D eigenvalue weighted by Crippen LogP contribution is 2.30. The maximum absolute atomic E-state index is 5.66. The van der Waals surface area contributed by atoms with Crippen molar-refractivity contribution in [2.45, 2.75) is 26.8 Å². The Kier molecular flexibility index (Phi) is 4.83. The first-order chi connectivity index (χ1) is 14.6. The third kappa shape index (κ3) is 3.39. The van der Waals surface area contributed by atoms with Crippen molar-refractivity contribution >= 4 is 27.6 Å². The first-order valence-electron chi connectivity index (χ1n) is 10.7. The second kappa shape index (κ2) is 7.65. The number of piperazine rings is 1. The van der Waals surface area contributed by atoms with Gasteiger partial charge in [-0.25, -0.2) is 4.98 Å². The average molecular weight is 405 g/mol. The number of nitrogens with zero attached hydrogens (tertiary/aromatic N) is 4. The number of hydrogen-bond donors (Lipinski definition) is 2. The molecule has 0 radical (unpaired) electrons. The van der Waals surface area contributed by atoms with E-state index in [-0.39, 0.29) is 0 Å². The van der Waals surface area contributed by atoms with E-state index in [0.717, 1.165) is 65.4 Å². The highest BCUT2D eigenvalue weighted by Gasteiger charge is 2.20. The number of anilines is 1. The third-order valence-corrected chi connectivity index (χ3v) is 5.94. The molecular formula is C23H28N6O. The summed E-state index contributed by atoms with van der Waals surface area (Å²) in [5.74, 6) is 1.61. The van der Waals surface area contributed by atoms with Crippen LogP contribution in [-0.4, -0.2) is 63.9 Å². The monoisotopic (exact) mass is 404 g/mol. The Morgan fingerprint density at radius 3 is 2.63 bits per heavy atom. The number of rotatable bonds is 5. The van der Waals surface area contributed by atoms with Crippen LogP contribution in [0.25, 0.3) is 33.5 Å². The van der Waals surface area contributed by atoms with Crippen LogP contribution in [0.4, 0.5) is 5.69 Å². The smallest absolute Gasteiger partial charge is 0.159 e. The largest absolute Gasteiger partial charge is 0.494 e. The van der Waals surface area contributed by atoms with Crippen molar-refractivity contribution in [2.24, 2.45) is 0 Å². The van der Waals surface area contributed by atoms with E-state index in [2.05, 4.69) is 57.0 Å². The minimum Gasteiger partial charge on any atom is -0.494 e. The summed E-state index contributed by atoms with van der Waals surface area (Å²) >= 11 is 0. The first kappa shape index (κ1) is 18.9. The molecule has 5 rings (SSSR count). The SMILES string of the molecule is CCOc1ccc2[nH]nc(-c3nc4ccc(N5CCN(C(C)C)CC5)cc4[nH]3)c2c1. The van der Waals surface area contributed by atoms with Gasteiger partial charge in [0.25, 0.3) is 0 Å². The fraction of sp³-hybridized carbons (Fsp3) is 0.391. The molecule has 1 aliphatic rings. The molecule has 1 aliphatic heterocycles. The summed E-state index contributed by atoms with van der Waals surface area (Å²) in [6.07, 6.45) is 0. The summed E-state index contributed by atoms with van der Waals surface area (Å²) in [4.78, 5) is 13.3. The minimum atomic E-state index is 0.608. The standard InChI is InChI=1S/C23H28N6O/c1-4-30-17-6-8-19-18(14-17)22(27-26-19)23-24-20-7-5-16(13-21(20)25-23)29-11-9-28(10-12-29)15(2)3/h5-8,13-15H,4,9-12H2,1-3H3,(H,24,25)(H,26,27). The van der Waals surface area contributed by atoms with Crippen molar-refractivity contribution in [3.05, 3.63) is 36.4 Å². The molecule has 4 aromatic rings. The zero-order chi connectivity index (χ0) is 20.7. The van der Waals surface area contributed by atoms with E-state index in [0.29, 0.717) is 12.6 Å². The Morgan fingerprint density at radius 2 is 1.87 bits per heavy atom. The van der Waals surface area contributed by atoms with Gasteiger partial charge in [0, 0.05) is 43.3 Å². The Morgan fingerprint density at radius 1 is 1.03 bits per heavy atom. The van der Waals surface area contributed by atoms with Gasteiger partial charge in [0.1, 0.15) is 11.4 Å². The molecule has 2 aromatic carbocycles. The predicted molar refractivity (Wildman–Crippen MR) is 121 cm³/mol. The van der Waals surface area contributed by atoms with Crippen molar-refractivity contribution in [1.82, 2.24) is 25.1 Å². The van der Waals surface area contributed by atoms with E-state index in [4.69, 9.17) is 9.72 Å². The number of fused-ring (bicyclic) bond motifs is 2. The highest BCUT2D eigenvalue weighted by molar-refractivity contribution is 5.94. The van der Waals surface area contributed by atoms with Crippen LogP contribution in [-0.2, 0) is 0 Å². The zero-order valence-electron chi connectivity index (χ0n) is 17.8. The fourth-order valence-corrected chi connectivity index (χ4v) is 4.23. The van der Waals surface area contributed by atoms with Gasteiger partial charge < -0.3 is 14.6 Å². The van der Waals surface area contributed by atoms with Crippen molar-refractivity contribution < 1.29 is 4.74 Å². The van der Waals surface area contributed by atoms with Crippen molar-refractivity contribution in [3.8, 4) is 17.3 Å². The number of aromatic nitrogens is 4. The number of ether oxygens (including phenoxy) is 1. The molecule has 0 aliphatic carbocycles. The summed E-state index contributed by atoms with van der Waals surface area (Å²) in [5, 5.41) is 8.61. The van der Waals surface area contributed by atoms with Gasteiger partial charge in [-0.15, -0.1) is 0 Å². The number of benzene rings is 2. The van der Waals surface area contributed by atoms with Crippen LogP contribution in [0.3, 0.4) is 0 Å². The molecular weight excluding hydrogens is 376 g/mol. The molecule has 0 bridgehead atoms. The molecule has 1 saturated heterocycles. The zero-order valence-corrected chi connectivity index (χ0v) is 17.8. The van der Waals surface area contributed by atoms with Crippen LogP contribution in [0.5, 0.6) is 5.75 Å². The maximum Gasteiger partial charge on any atom is 0.159 e. The second-order valence-corrected chi connectivity index (χ2v) is 8.12. The fourth-order valence-electron chi connectivity index (χ4n) is 4.23. The molecule has 0 saturated carbocycles. The van der Waals surface area contributed by atoms with Crippen molar-refractivity contribution in [1.29, 1.82) is 0 Å². The van der Waals surface area contributed by atoms with Gasteiger partial charge in [-0.1, -0.05) is 0 Å². The van der Waals surface area contributed by atoms with E-state index < -0.39 is 0 Å². The average Bonchev–Trinajstić information content (AvgIpc) is 3.37. The molecule has 7 heteroatoms. The summed E-state index contributed by atoms with van der Waals surface area (Å²) in [6, 6.07) is 13.1. The molecule has 30 heavy (non-hydrogen) atoms. The van der Waals surface area contributed by atoms with Crippen LogP contribution in [0.2, 0.25) is 0 Å². The van der Waals surface area contributed by atoms with Crippen molar-refractivity contribution in [2.75, 3.05) is 37.7 Å². The predicted octanol–water partition coefficient (Wildman–Crippen LogP) is 4.04. The van der Waals surface area contributed by atoms with Crippen LogP contribution in [0.1, 0.15) is 20.8 Å². The van der Waals surface area contributed by atoms with Gasteiger partial charge in [-0.05, 0) is 57.2 Å². The van der Waals surface area contributed by atoms with Gasteiger partial charge in [0.2, 0.25) is 0 Å². The molecule has 7 nitrogen and oxygen atoms in total. The lowest BCUT2D eigenvalue weighted by Crippen LogP contribution is -2.48.